The third kappa shape index (κ3) is 2.53. The van der Waals surface area contributed by atoms with Gasteiger partial charge in [0.2, 0.25) is 10.0 Å². The van der Waals surface area contributed by atoms with Gasteiger partial charge in [0.1, 0.15) is 4.90 Å². The molecule has 0 bridgehead atoms. The first-order chi connectivity index (χ1) is 6.65. The third-order valence-electron chi connectivity index (χ3n) is 1.81. The lowest BCUT2D eigenvalue weighted by Gasteiger charge is -2.07. The smallest absolute Gasteiger partial charge is 0.251 e. The van der Waals surface area contributed by atoms with Crippen LogP contribution in [0.4, 0.5) is 0 Å². The summed E-state index contributed by atoms with van der Waals surface area (Å²) in [6.07, 6.45) is 2.14. The maximum atomic E-state index is 11.6. The van der Waals surface area contributed by atoms with E-state index in [-0.39, 0.29) is 4.90 Å². The van der Waals surface area contributed by atoms with E-state index in [1.807, 2.05) is 0 Å². The molecule has 0 spiro atoms. The normalized spacial score (nSPS) is 13.3. The summed E-state index contributed by atoms with van der Waals surface area (Å²) in [4.78, 5) is -0.228. The largest absolute Gasteiger partial charge is 0.262 e. The second-order valence-corrected chi connectivity index (χ2v) is 8.17. The molecular formula is C7H10ClNO4S2. The quantitative estimate of drug-likeness (QED) is 0.769. The van der Waals surface area contributed by atoms with Gasteiger partial charge in [-0.3, -0.25) is 3.97 Å². The zero-order valence-electron chi connectivity index (χ0n) is 8.08. The molecule has 0 N–H and O–H groups in total. The topological polar surface area (TPSA) is 73.2 Å². The van der Waals surface area contributed by atoms with Crippen molar-refractivity contribution >= 4 is 29.8 Å². The predicted molar refractivity (Wildman–Crippen MR) is 56.9 cm³/mol. The standard InChI is InChI=1S/C7H10ClNO4S2/c1-6(2)15(12,13)9-4-3-7(5-9)14(8,10)11/h3-6H,1-2H3. The molecule has 86 valence electrons. The van der Waals surface area contributed by atoms with Gasteiger partial charge in [-0.05, 0) is 19.9 Å². The van der Waals surface area contributed by atoms with Gasteiger partial charge in [0.05, 0.1) is 5.25 Å². The molecule has 0 radical (unpaired) electrons. The van der Waals surface area contributed by atoms with Crippen molar-refractivity contribution < 1.29 is 16.8 Å². The van der Waals surface area contributed by atoms with Crippen molar-refractivity contribution in [2.24, 2.45) is 0 Å². The van der Waals surface area contributed by atoms with Crippen molar-refractivity contribution in [3.05, 3.63) is 18.5 Å². The number of halogens is 1. The number of nitrogens with zero attached hydrogens (tertiary/aromatic N) is 1. The molecule has 0 aliphatic heterocycles. The molecule has 8 heteroatoms. The Balaban J connectivity index is 3.28. The Morgan fingerprint density at radius 3 is 2.13 bits per heavy atom. The number of aromatic nitrogens is 1. The summed E-state index contributed by atoms with van der Waals surface area (Å²) < 4.78 is 45.8. The van der Waals surface area contributed by atoms with Crippen molar-refractivity contribution in [1.82, 2.24) is 3.97 Å². The highest BCUT2D eigenvalue weighted by Gasteiger charge is 2.20. The lowest BCUT2D eigenvalue weighted by molar-refractivity contribution is 0.578. The number of hydrogen-bond donors (Lipinski definition) is 0. The number of hydrogen-bond acceptors (Lipinski definition) is 4. The van der Waals surface area contributed by atoms with Crippen LogP contribution in [0.3, 0.4) is 0 Å². The molecule has 0 aliphatic rings. The zero-order valence-corrected chi connectivity index (χ0v) is 10.5. The van der Waals surface area contributed by atoms with E-state index >= 15 is 0 Å². The minimum atomic E-state index is -3.88. The van der Waals surface area contributed by atoms with Gasteiger partial charge >= 0.3 is 0 Å². The van der Waals surface area contributed by atoms with E-state index in [4.69, 9.17) is 10.7 Å². The Kier molecular flexibility index (Phi) is 3.18. The maximum Gasteiger partial charge on any atom is 0.262 e. The highest BCUT2D eigenvalue weighted by molar-refractivity contribution is 8.13. The molecule has 0 amide bonds. The van der Waals surface area contributed by atoms with Gasteiger partial charge in [0.15, 0.2) is 0 Å². The van der Waals surface area contributed by atoms with E-state index < -0.39 is 24.3 Å². The molecule has 5 nitrogen and oxygen atoms in total. The van der Waals surface area contributed by atoms with Crippen LogP contribution in [0.25, 0.3) is 0 Å². The summed E-state index contributed by atoms with van der Waals surface area (Å²) in [6.45, 7) is 3.01. The van der Waals surface area contributed by atoms with Gasteiger partial charge in [-0.2, -0.15) is 0 Å². The molecule has 0 fully saturated rings. The Hall–Kier alpha value is -0.530. The van der Waals surface area contributed by atoms with Crippen LogP contribution in [0, 0.1) is 0 Å². The van der Waals surface area contributed by atoms with Crippen molar-refractivity contribution in [2.75, 3.05) is 0 Å². The minimum absolute atomic E-state index is 0.228. The first-order valence-electron chi connectivity index (χ1n) is 4.03. The third-order valence-corrected chi connectivity index (χ3v) is 5.16. The highest BCUT2D eigenvalue weighted by atomic mass is 35.7. The van der Waals surface area contributed by atoms with Crippen LogP contribution in [0.2, 0.25) is 0 Å². The summed E-state index contributed by atoms with van der Waals surface area (Å²) in [5.74, 6) is 0. The van der Waals surface area contributed by atoms with Crippen LogP contribution in [-0.2, 0) is 19.1 Å². The maximum absolute atomic E-state index is 11.6. The molecule has 0 aliphatic carbocycles. The molecule has 1 aromatic rings. The Bertz CT molecular complexity index is 556. The lowest BCUT2D eigenvalue weighted by Crippen LogP contribution is -2.20. The first-order valence-corrected chi connectivity index (χ1v) is 7.84. The van der Waals surface area contributed by atoms with Gasteiger partial charge in [-0.15, -0.1) is 0 Å². The van der Waals surface area contributed by atoms with E-state index in [2.05, 4.69) is 0 Å². The fraction of sp³-hybridized carbons (Fsp3) is 0.429. The van der Waals surface area contributed by atoms with Crippen molar-refractivity contribution in [2.45, 2.75) is 24.0 Å². The average Bonchev–Trinajstić information content (AvgIpc) is 2.50. The predicted octanol–water partition coefficient (Wildman–Crippen LogP) is 1.00. The molecule has 0 atom stereocenters. The van der Waals surface area contributed by atoms with Crippen LogP contribution in [0.15, 0.2) is 23.4 Å². The van der Waals surface area contributed by atoms with E-state index in [1.54, 1.807) is 0 Å². The molecule has 1 aromatic heterocycles. The van der Waals surface area contributed by atoms with Crippen LogP contribution in [-0.4, -0.2) is 26.1 Å². The van der Waals surface area contributed by atoms with Crippen LogP contribution >= 0.6 is 10.7 Å². The molecule has 1 rings (SSSR count). The Labute approximate surface area is 93.1 Å². The van der Waals surface area contributed by atoms with Gasteiger partial charge in [0.25, 0.3) is 9.05 Å². The van der Waals surface area contributed by atoms with E-state index in [1.165, 1.54) is 13.8 Å². The summed E-state index contributed by atoms with van der Waals surface area (Å²) in [6, 6.07) is 1.14. The second kappa shape index (κ2) is 3.80. The Morgan fingerprint density at radius 2 is 1.80 bits per heavy atom. The summed E-state index contributed by atoms with van der Waals surface area (Å²) >= 11 is 0. The van der Waals surface area contributed by atoms with Gasteiger partial charge in [0, 0.05) is 23.1 Å². The summed E-state index contributed by atoms with van der Waals surface area (Å²) in [7, 11) is -2.34. The molecule has 0 saturated carbocycles. The van der Waals surface area contributed by atoms with Crippen molar-refractivity contribution in [3.63, 3.8) is 0 Å². The summed E-state index contributed by atoms with van der Waals surface area (Å²) in [5, 5.41) is -0.629. The first kappa shape index (κ1) is 12.5. The molecule has 0 saturated heterocycles. The fourth-order valence-electron chi connectivity index (χ4n) is 0.904. The monoisotopic (exact) mass is 271 g/mol. The molecular weight excluding hydrogens is 262 g/mol. The van der Waals surface area contributed by atoms with Crippen LogP contribution < -0.4 is 0 Å². The zero-order chi connectivity index (χ0) is 11.9. The molecule has 15 heavy (non-hydrogen) atoms. The van der Waals surface area contributed by atoms with Gasteiger partial charge in [-0.1, -0.05) is 0 Å². The lowest BCUT2D eigenvalue weighted by atomic mass is 10.6. The van der Waals surface area contributed by atoms with Gasteiger partial charge < -0.3 is 0 Å². The van der Waals surface area contributed by atoms with Gasteiger partial charge in [-0.25, -0.2) is 16.8 Å². The number of rotatable bonds is 3. The average molecular weight is 272 g/mol. The highest BCUT2D eigenvalue weighted by Crippen LogP contribution is 2.17. The van der Waals surface area contributed by atoms with E-state index in [0.717, 1.165) is 22.4 Å². The Morgan fingerprint density at radius 1 is 1.27 bits per heavy atom. The molecule has 1 heterocycles. The molecule has 0 aromatic carbocycles. The fourth-order valence-corrected chi connectivity index (χ4v) is 2.69. The van der Waals surface area contributed by atoms with Crippen molar-refractivity contribution in [1.29, 1.82) is 0 Å². The van der Waals surface area contributed by atoms with Crippen molar-refractivity contribution in [3.8, 4) is 0 Å². The van der Waals surface area contributed by atoms with E-state index in [9.17, 15) is 16.8 Å². The second-order valence-electron chi connectivity index (χ2n) is 3.21. The van der Waals surface area contributed by atoms with E-state index in [0.29, 0.717) is 0 Å². The molecule has 0 unspecified atom stereocenters. The SMILES string of the molecule is CC(C)S(=O)(=O)n1ccc(S(=O)(=O)Cl)c1. The summed E-state index contributed by atoms with van der Waals surface area (Å²) in [5.41, 5.74) is 0. The van der Waals surface area contributed by atoms with Crippen LogP contribution in [0.5, 0.6) is 0 Å². The minimum Gasteiger partial charge on any atom is -0.251 e. The van der Waals surface area contributed by atoms with Crippen LogP contribution in [0.1, 0.15) is 13.8 Å².